The van der Waals surface area contributed by atoms with Gasteiger partial charge >= 0.3 is 5.97 Å². The number of imide groups is 1. The Morgan fingerprint density at radius 2 is 1.41 bits per heavy atom. The molecule has 20 nitrogen and oxygen atoms in total. The number of ether oxygens (including phenoxy) is 6. The molecule has 5 rings (SSSR count). The van der Waals surface area contributed by atoms with Crippen molar-refractivity contribution >= 4 is 49.8 Å². The molecule has 4 aliphatic rings. The molecular formula is C48H64N3O17S2-. The lowest BCUT2D eigenvalue weighted by atomic mass is 9.77. The number of anilines is 1. The van der Waals surface area contributed by atoms with Gasteiger partial charge in [-0.05, 0) is 80.1 Å². The van der Waals surface area contributed by atoms with Crippen molar-refractivity contribution in [1.82, 2.24) is 9.64 Å². The Morgan fingerprint density at radius 1 is 0.786 bits per heavy atom. The van der Waals surface area contributed by atoms with Crippen molar-refractivity contribution in [2.75, 3.05) is 111 Å². The first-order valence-corrected chi connectivity index (χ1v) is 26.2. The number of amides is 2. The van der Waals surface area contributed by atoms with Crippen molar-refractivity contribution < 1.29 is 78.0 Å². The Morgan fingerprint density at radius 3 is 2.03 bits per heavy atom. The van der Waals surface area contributed by atoms with Crippen molar-refractivity contribution in [3.05, 3.63) is 83.1 Å². The molecule has 386 valence electrons. The summed E-state index contributed by atoms with van der Waals surface area (Å²) in [6.07, 6.45) is 8.49. The summed E-state index contributed by atoms with van der Waals surface area (Å²) < 4.78 is 113. The number of nitrogens with zero attached hydrogens (tertiary/aromatic N) is 3. The Balaban J connectivity index is 1.40. The minimum Gasteiger partial charge on any atom is -0.748 e. The van der Waals surface area contributed by atoms with Crippen LogP contribution in [0.5, 0.6) is 0 Å². The molecule has 1 aliphatic carbocycles. The molecule has 1 saturated heterocycles. The molecule has 1 atom stereocenters. The maximum absolute atomic E-state index is 12.5. The normalized spacial score (nSPS) is 16.9. The number of hydrogen-bond acceptors (Lipinski definition) is 18. The molecule has 0 bridgehead atoms. The SMILES string of the molecule is COCCOCCOCC[N+](CCOCCOCCOC)=c1ccc2c(/C=C/C=C3/N(CCCCCC(=O)ON4C(=O)CCC4=O)c4ccc(S(=O)(=O)[O-])cc4C3(C)CCCS(=O)(=O)[O-])ccoc-2c1. The molecule has 70 heavy (non-hydrogen) atoms. The number of hydrogen-bond donors (Lipinski definition) is 0. The Labute approximate surface area is 409 Å². The third kappa shape index (κ3) is 16.9. The molecule has 1 fully saturated rings. The molecule has 2 amide bonds. The summed E-state index contributed by atoms with van der Waals surface area (Å²) in [7, 11) is -6.24. The number of allylic oxidation sites excluding steroid dienone is 3. The van der Waals surface area contributed by atoms with E-state index in [-0.39, 0.29) is 32.1 Å². The second kappa shape index (κ2) is 27.7. The minimum absolute atomic E-state index is 0.0181. The summed E-state index contributed by atoms with van der Waals surface area (Å²) in [5.74, 6) is -1.91. The van der Waals surface area contributed by atoms with Crippen molar-refractivity contribution in [2.45, 2.75) is 68.6 Å². The van der Waals surface area contributed by atoms with Gasteiger partial charge < -0.3 is 51.7 Å². The summed E-state index contributed by atoms with van der Waals surface area (Å²) in [5.41, 5.74) is 2.26. The summed E-state index contributed by atoms with van der Waals surface area (Å²) in [4.78, 5) is 42.8. The Bertz CT molecular complexity index is 2510. The zero-order chi connectivity index (χ0) is 50.6. The number of benzene rings is 2. The molecule has 1 aromatic carbocycles. The molecule has 0 saturated carbocycles. The van der Waals surface area contributed by atoms with Gasteiger partial charge in [0.25, 0.3) is 11.8 Å². The van der Waals surface area contributed by atoms with Gasteiger partial charge in [-0.15, -0.1) is 5.06 Å². The fourth-order valence-electron chi connectivity index (χ4n) is 8.17. The summed E-state index contributed by atoms with van der Waals surface area (Å²) in [6.45, 7) is 7.85. The average Bonchev–Trinajstić information content (AvgIpc) is 3.75. The molecule has 0 radical (unpaired) electrons. The summed E-state index contributed by atoms with van der Waals surface area (Å²) in [5, 5.41) is 1.39. The highest BCUT2D eigenvalue weighted by Gasteiger charge is 2.43. The van der Waals surface area contributed by atoms with Crippen LogP contribution in [0.2, 0.25) is 0 Å². The van der Waals surface area contributed by atoms with Crippen LogP contribution in [0, 0.1) is 0 Å². The van der Waals surface area contributed by atoms with E-state index in [2.05, 4.69) is 4.58 Å². The third-order valence-electron chi connectivity index (χ3n) is 11.8. The van der Waals surface area contributed by atoms with Gasteiger partial charge in [0.05, 0.1) is 80.2 Å². The van der Waals surface area contributed by atoms with Crippen LogP contribution in [0.15, 0.2) is 75.9 Å². The van der Waals surface area contributed by atoms with Crippen LogP contribution in [0.1, 0.15) is 69.4 Å². The highest BCUT2D eigenvalue weighted by Crippen LogP contribution is 2.51. The molecular weight excluding hydrogens is 955 g/mol. The predicted octanol–water partition coefficient (Wildman–Crippen LogP) is 3.59. The van der Waals surface area contributed by atoms with Crippen LogP contribution in [-0.2, 0) is 73.3 Å². The van der Waals surface area contributed by atoms with Crippen molar-refractivity contribution in [3.63, 3.8) is 0 Å². The van der Waals surface area contributed by atoms with E-state index < -0.39 is 54.1 Å². The molecule has 3 heterocycles. The van der Waals surface area contributed by atoms with E-state index in [1.807, 2.05) is 54.3 Å². The molecule has 1 aromatic rings. The van der Waals surface area contributed by atoms with Crippen LogP contribution in [-0.4, -0.2) is 154 Å². The minimum atomic E-state index is -4.88. The maximum atomic E-state index is 12.5. The van der Waals surface area contributed by atoms with Gasteiger partial charge in [0.15, 0.2) is 13.1 Å². The number of methoxy groups -OCH3 is 2. The van der Waals surface area contributed by atoms with Crippen LogP contribution in [0.25, 0.3) is 17.4 Å². The van der Waals surface area contributed by atoms with Crippen molar-refractivity contribution in [2.24, 2.45) is 0 Å². The van der Waals surface area contributed by atoms with E-state index in [9.17, 15) is 40.3 Å². The van der Waals surface area contributed by atoms with Gasteiger partial charge in [0, 0.05) is 74.2 Å². The number of fused-ring (bicyclic) bond motifs is 2. The van der Waals surface area contributed by atoms with Crippen LogP contribution in [0.3, 0.4) is 0 Å². The molecule has 0 spiro atoms. The van der Waals surface area contributed by atoms with E-state index in [0.29, 0.717) is 133 Å². The van der Waals surface area contributed by atoms with Gasteiger partial charge in [0.2, 0.25) is 5.36 Å². The first-order chi connectivity index (χ1) is 33.6. The highest BCUT2D eigenvalue weighted by molar-refractivity contribution is 7.86. The smallest absolute Gasteiger partial charge is 0.333 e. The highest BCUT2D eigenvalue weighted by atomic mass is 32.2. The molecule has 0 aromatic heterocycles. The second-order valence-corrected chi connectivity index (χ2v) is 19.6. The van der Waals surface area contributed by atoms with E-state index >= 15 is 0 Å². The van der Waals surface area contributed by atoms with Crippen molar-refractivity contribution in [3.8, 4) is 11.3 Å². The van der Waals surface area contributed by atoms with E-state index in [1.54, 1.807) is 20.5 Å². The van der Waals surface area contributed by atoms with Gasteiger partial charge in [-0.2, -0.15) is 0 Å². The standard InChI is InChI=1S/C48H65N3O17S2/c1-48(19-8-34-69(55,56)57)41-36-39(70(58,59)60)13-15-42(41)50(20-6-4-5-11-47(54)68-51-45(52)16-17-46(51)53)44(48)10-7-9-37-18-23-67-43-35-38(12-14-40(37)43)49(21-24-63-30-32-65-28-26-61-2)22-25-64-31-33-66-29-27-62-3/h7,9-10,12-15,18,23,35-36H,4-6,8,11,16-17,19-22,24-34H2,1-3H3,(H-,55,56,57,58,59,60)/p-1. The molecule has 3 aliphatic heterocycles. The number of rotatable bonds is 32. The van der Waals surface area contributed by atoms with Gasteiger partial charge in [0.1, 0.15) is 29.1 Å². The Hall–Kier alpha value is -4.88. The summed E-state index contributed by atoms with van der Waals surface area (Å²) >= 11 is 0. The van der Waals surface area contributed by atoms with Gasteiger partial charge in [-0.3, -0.25) is 9.59 Å². The number of unbranched alkanes of at least 4 members (excludes halogenated alkanes) is 2. The number of carbonyl (C=O) groups excluding carboxylic acids is 3. The first kappa shape index (κ1) is 56.0. The topological polar surface area (TPSA) is 253 Å². The third-order valence-corrected chi connectivity index (χ3v) is 13.4. The lowest BCUT2D eigenvalue weighted by Gasteiger charge is -2.31. The fourth-order valence-corrected chi connectivity index (χ4v) is 9.16. The fraction of sp³-hybridized carbons (Fsp3) is 0.542. The average molecular weight is 1020 g/mol. The van der Waals surface area contributed by atoms with Gasteiger partial charge in [-0.25, -0.2) is 26.2 Å². The Kier molecular flexibility index (Phi) is 22.1. The van der Waals surface area contributed by atoms with E-state index in [1.165, 1.54) is 18.2 Å². The maximum Gasteiger partial charge on any atom is 0.333 e. The molecule has 0 N–H and O–H groups in total. The zero-order valence-electron chi connectivity index (χ0n) is 40.0. The zero-order valence-corrected chi connectivity index (χ0v) is 41.6. The van der Waals surface area contributed by atoms with Crippen molar-refractivity contribution in [1.29, 1.82) is 0 Å². The van der Waals surface area contributed by atoms with E-state index in [0.717, 1.165) is 16.5 Å². The number of carbonyl (C=O) groups is 3. The summed E-state index contributed by atoms with van der Waals surface area (Å²) in [6, 6.07) is 11.8. The lowest BCUT2D eigenvalue weighted by molar-refractivity contribution is -0.197. The van der Waals surface area contributed by atoms with Crippen LogP contribution in [0.4, 0.5) is 5.69 Å². The monoisotopic (exact) mass is 1020 g/mol. The number of hydroxylamine groups is 2. The van der Waals surface area contributed by atoms with Gasteiger partial charge in [-0.1, -0.05) is 18.6 Å². The van der Waals surface area contributed by atoms with E-state index in [4.69, 9.17) is 37.7 Å². The largest absolute Gasteiger partial charge is 0.748 e. The van der Waals surface area contributed by atoms with Crippen LogP contribution >= 0.6 is 0 Å². The molecule has 1 unspecified atom stereocenters. The quantitative estimate of drug-likeness (QED) is 0.0375. The lowest BCUT2D eigenvalue weighted by Crippen LogP contribution is -2.36. The van der Waals surface area contributed by atoms with Crippen LogP contribution < -0.4 is 14.8 Å². The molecule has 22 heteroatoms. The predicted molar refractivity (Wildman–Crippen MR) is 253 cm³/mol. The first-order valence-electron chi connectivity index (χ1n) is 23.2. The second-order valence-electron chi connectivity index (χ2n) is 16.7.